The minimum absolute atomic E-state index is 0.249. The third-order valence-electron chi connectivity index (χ3n) is 5.30. The maximum absolute atomic E-state index is 6.62. The van der Waals surface area contributed by atoms with E-state index in [1.807, 2.05) is 6.26 Å². The van der Waals surface area contributed by atoms with Crippen molar-refractivity contribution in [2.75, 3.05) is 6.26 Å². The summed E-state index contributed by atoms with van der Waals surface area (Å²) in [4.78, 5) is 0. The van der Waals surface area contributed by atoms with Crippen LogP contribution >= 0.6 is 24.0 Å². The number of ether oxygens (including phenoxy) is 1. The maximum Gasteiger partial charge on any atom is 0.219 e. The van der Waals surface area contributed by atoms with Crippen LogP contribution in [0.3, 0.4) is 0 Å². The van der Waals surface area contributed by atoms with Crippen LogP contribution < -0.4 is 0 Å². The molecule has 2 aliphatic carbocycles. The van der Waals surface area contributed by atoms with Crippen molar-refractivity contribution in [1.82, 2.24) is 0 Å². The fourth-order valence-electron chi connectivity index (χ4n) is 3.00. The minimum atomic E-state index is -1.71. The lowest BCUT2D eigenvalue weighted by Crippen LogP contribution is -2.45. The van der Waals surface area contributed by atoms with E-state index >= 15 is 0 Å². The first-order valence-electron chi connectivity index (χ1n) is 7.76. The van der Waals surface area contributed by atoms with Crippen LogP contribution in [-0.2, 0) is 9.16 Å². The summed E-state index contributed by atoms with van der Waals surface area (Å²) >= 11 is 6.73. The second kappa shape index (κ2) is 6.34. The summed E-state index contributed by atoms with van der Waals surface area (Å²) in [6.07, 6.45) is 9.35. The zero-order valence-electron chi connectivity index (χ0n) is 14.0. The van der Waals surface area contributed by atoms with Gasteiger partial charge in [0.05, 0.1) is 6.10 Å². The van der Waals surface area contributed by atoms with Crippen LogP contribution in [0.25, 0.3) is 0 Å². The summed E-state index contributed by atoms with van der Waals surface area (Å²) in [5.41, 5.74) is 0. The van der Waals surface area contributed by atoms with E-state index in [9.17, 15) is 0 Å². The second-order valence-electron chi connectivity index (χ2n) is 7.66. The molecule has 0 unspecified atom stereocenters. The molecule has 4 atom stereocenters. The predicted octanol–water partition coefficient (Wildman–Crippen LogP) is 5.01. The predicted molar refractivity (Wildman–Crippen MR) is 98.4 cm³/mol. The van der Waals surface area contributed by atoms with Gasteiger partial charge in [0.15, 0.2) is 8.32 Å². The van der Waals surface area contributed by atoms with Gasteiger partial charge in [0.25, 0.3) is 0 Å². The van der Waals surface area contributed by atoms with E-state index in [4.69, 9.17) is 21.4 Å². The molecule has 0 amide bonds. The van der Waals surface area contributed by atoms with Gasteiger partial charge in [-0.2, -0.15) is 0 Å². The van der Waals surface area contributed by atoms with Gasteiger partial charge in [-0.25, -0.2) is 0 Å². The van der Waals surface area contributed by atoms with Gasteiger partial charge in [0.1, 0.15) is 6.10 Å². The summed E-state index contributed by atoms with van der Waals surface area (Å²) in [6, 6.07) is 0. The molecule has 1 fully saturated rings. The van der Waals surface area contributed by atoms with Crippen molar-refractivity contribution in [3.8, 4) is 0 Å². The molecule has 0 bridgehead atoms. The van der Waals surface area contributed by atoms with E-state index in [1.165, 1.54) is 18.2 Å². The van der Waals surface area contributed by atoms with Crippen LogP contribution in [0.2, 0.25) is 18.1 Å². The van der Waals surface area contributed by atoms with Gasteiger partial charge in [0.2, 0.25) is 4.38 Å². The molecule has 0 aromatic carbocycles. The van der Waals surface area contributed by atoms with Crippen molar-refractivity contribution < 1.29 is 9.16 Å². The summed E-state index contributed by atoms with van der Waals surface area (Å²) in [5.74, 6) is 1.05. The van der Waals surface area contributed by atoms with Gasteiger partial charge in [-0.1, -0.05) is 44.7 Å². The molecular weight excluding hydrogens is 316 g/mol. The highest BCUT2D eigenvalue weighted by Gasteiger charge is 2.47. The van der Waals surface area contributed by atoms with Gasteiger partial charge in [-0.05, 0) is 55.4 Å². The van der Waals surface area contributed by atoms with Gasteiger partial charge in [0, 0.05) is 5.92 Å². The van der Waals surface area contributed by atoms with Crippen molar-refractivity contribution in [1.29, 1.82) is 0 Å². The maximum atomic E-state index is 6.62. The Labute approximate surface area is 140 Å². The van der Waals surface area contributed by atoms with Crippen molar-refractivity contribution >= 4 is 36.7 Å². The fraction of sp³-hybridized carbons (Fsp3) is 0.812. The summed E-state index contributed by atoms with van der Waals surface area (Å²) in [7, 11) is -1.71. The van der Waals surface area contributed by atoms with E-state index in [1.54, 1.807) is 0 Å². The fourth-order valence-corrected chi connectivity index (χ4v) is 4.63. The van der Waals surface area contributed by atoms with Gasteiger partial charge >= 0.3 is 0 Å². The quantitative estimate of drug-likeness (QED) is 0.407. The minimum Gasteiger partial charge on any atom is -0.475 e. The van der Waals surface area contributed by atoms with Crippen molar-refractivity contribution in [3.63, 3.8) is 0 Å². The molecule has 2 rings (SSSR count). The Bertz CT molecular complexity index is 428. The molecule has 0 aromatic heterocycles. The molecule has 0 heterocycles. The Balaban J connectivity index is 1.99. The standard InChI is InChI=1S/C16H28O2S2Si/c1-16(2,3)21(5,6)18-14-10-8-11-12(14)7-9-13(11)17-15(19)20-4/h8,10-14H,7,9H2,1-6H3/t11-,12-,13+,14-/m1/s1. The number of fused-ring (bicyclic) bond motifs is 1. The topological polar surface area (TPSA) is 18.5 Å². The first kappa shape index (κ1) is 17.5. The van der Waals surface area contributed by atoms with Gasteiger partial charge in [-0.15, -0.1) is 0 Å². The van der Waals surface area contributed by atoms with E-state index in [0.29, 0.717) is 16.2 Å². The molecule has 0 aliphatic heterocycles. The molecule has 2 nitrogen and oxygen atoms in total. The Morgan fingerprint density at radius 2 is 1.90 bits per heavy atom. The van der Waals surface area contributed by atoms with Crippen LogP contribution in [0.1, 0.15) is 33.6 Å². The van der Waals surface area contributed by atoms with E-state index in [0.717, 1.165) is 6.42 Å². The Hall–Kier alpha value is 0.157. The molecule has 120 valence electrons. The molecule has 0 saturated heterocycles. The molecule has 0 aromatic rings. The molecule has 0 radical (unpaired) electrons. The number of thiocarbonyl (C=S) groups is 1. The lowest BCUT2D eigenvalue weighted by atomic mass is 9.97. The Morgan fingerprint density at radius 3 is 2.48 bits per heavy atom. The van der Waals surface area contributed by atoms with Gasteiger partial charge < -0.3 is 9.16 Å². The highest BCUT2D eigenvalue weighted by Crippen LogP contribution is 2.46. The zero-order chi connectivity index (χ0) is 15.8. The molecule has 1 saturated carbocycles. The third kappa shape index (κ3) is 3.74. The number of thioether (sulfide) groups is 1. The average molecular weight is 345 g/mol. The lowest BCUT2D eigenvalue weighted by Gasteiger charge is -2.39. The zero-order valence-corrected chi connectivity index (χ0v) is 16.6. The largest absolute Gasteiger partial charge is 0.475 e. The molecule has 0 N–H and O–H groups in total. The SMILES string of the molecule is CSC(=S)O[C@H]1CC[C@@H]2[C@H]1C=C[C@H]2O[Si](C)(C)C(C)(C)C. The van der Waals surface area contributed by atoms with E-state index in [-0.39, 0.29) is 17.2 Å². The van der Waals surface area contributed by atoms with Crippen LogP contribution in [0.4, 0.5) is 0 Å². The first-order valence-corrected chi connectivity index (χ1v) is 12.3. The van der Waals surface area contributed by atoms with Crippen LogP contribution in [0.15, 0.2) is 12.2 Å². The summed E-state index contributed by atoms with van der Waals surface area (Å²) < 4.78 is 13.2. The van der Waals surface area contributed by atoms with Crippen molar-refractivity contribution in [2.45, 2.75) is 64.0 Å². The van der Waals surface area contributed by atoms with Crippen molar-refractivity contribution in [3.05, 3.63) is 12.2 Å². The monoisotopic (exact) mass is 344 g/mol. The summed E-state index contributed by atoms with van der Waals surface area (Å²) in [5, 5.41) is 0.258. The average Bonchev–Trinajstić information content (AvgIpc) is 2.92. The van der Waals surface area contributed by atoms with Crippen LogP contribution in [0, 0.1) is 11.8 Å². The van der Waals surface area contributed by atoms with E-state index in [2.05, 4.69) is 46.0 Å². The van der Waals surface area contributed by atoms with E-state index < -0.39 is 8.32 Å². The van der Waals surface area contributed by atoms with Crippen LogP contribution in [0.5, 0.6) is 0 Å². The third-order valence-corrected chi connectivity index (χ3v) is 10.8. The lowest BCUT2D eigenvalue weighted by molar-refractivity contribution is 0.126. The Morgan fingerprint density at radius 1 is 1.24 bits per heavy atom. The number of hydrogen-bond donors (Lipinski definition) is 0. The molecule has 2 aliphatic rings. The summed E-state index contributed by atoms with van der Waals surface area (Å²) in [6.45, 7) is 11.6. The number of hydrogen-bond acceptors (Lipinski definition) is 4. The molecule has 0 spiro atoms. The smallest absolute Gasteiger partial charge is 0.219 e. The molecular formula is C16H28O2S2Si. The van der Waals surface area contributed by atoms with Crippen molar-refractivity contribution in [2.24, 2.45) is 11.8 Å². The number of rotatable bonds is 3. The Kier molecular flexibility index (Phi) is 5.29. The van der Waals surface area contributed by atoms with Crippen LogP contribution in [-0.4, -0.2) is 31.2 Å². The van der Waals surface area contributed by atoms with Gasteiger partial charge in [-0.3, -0.25) is 0 Å². The highest BCUT2D eigenvalue weighted by atomic mass is 32.2. The highest BCUT2D eigenvalue weighted by molar-refractivity contribution is 8.22. The first-order chi connectivity index (χ1) is 9.65. The molecule has 5 heteroatoms. The second-order valence-corrected chi connectivity index (χ2v) is 13.8. The molecule has 21 heavy (non-hydrogen) atoms. The normalized spacial score (nSPS) is 32.3.